The van der Waals surface area contributed by atoms with Crippen LogP contribution >= 0.6 is 11.3 Å². The molecule has 4 nitrogen and oxygen atoms in total. The molecule has 2 aromatic heterocycles. The van der Waals surface area contributed by atoms with Crippen molar-refractivity contribution >= 4 is 22.9 Å². The second kappa shape index (κ2) is 4.76. The van der Waals surface area contributed by atoms with Gasteiger partial charge in [0.25, 0.3) is 0 Å². The standard InChI is InChI=1S/C11H8N2O2S/c14-9(8-2-1-3-12-7-8)6-10(15)11-13-4-5-16-11/h1-5,7H,6H2. The van der Waals surface area contributed by atoms with Gasteiger partial charge in [0.2, 0.25) is 0 Å². The van der Waals surface area contributed by atoms with E-state index in [1.807, 2.05) is 0 Å². The first-order valence-electron chi connectivity index (χ1n) is 4.63. The van der Waals surface area contributed by atoms with Crippen molar-refractivity contribution < 1.29 is 9.59 Å². The highest BCUT2D eigenvalue weighted by atomic mass is 32.1. The highest BCUT2D eigenvalue weighted by Crippen LogP contribution is 2.10. The first kappa shape index (κ1) is 10.6. The third kappa shape index (κ3) is 2.38. The molecule has 0 spiro atoms. The summed E-state index contributed by atoms with van der Waals surface area (Å²) in [6.45, 7) is 0. The highest BCUT2D eigenvalue weighted by Gasteiger charge is 2.15. The molecule has 2 aromatic rings. The van der Waals surface area contributed by atoms with Crippen LogP contribution in [-0.4, -0.2) is 21.5 Å². The fraction of sp³-hybridized carbons (Fsp3) is 0.0909. The molecule has 2 rings (SSSR count). The van der Waals surface area contributed by atoms with E-state index in [1.54, 1.807) is 29.9 Å². The second-order valence-electron chi connectivity index (χ2n) is 3.10. The Balaban J connectivity index is 2.06. The number of ketones is 2. The Morgan fingerprint density at radius 2 is 2.12 bits per heavy atom. The van der Waals surface area contributed by atoms with Crippen LogP contribution < -0.4 is 0 Å². The monoisotopic (exact) mass is 232 g/mol. The Labute approximate surface area is 96.0 Å². The number of hydrogen-bond donors (Lipinski definition) is 0. The molecule has 0 saturated heterocycles. The van der Waals surface area contributed by atoms with E-state index in [0.29, 0.717) is 10.6 Å². The largest absolute Gasteiger partial charge is 0.294 e. The molecule has 0 aliphatic carbocycles. The van der Waals surface area contributed by atoms with Crippen molar-refractivity contribution in [3.8, 4) is 0 Å². The summed E-state index contributed by atoms with van der Waals surface area (Å²) in [6.07, 6.45) is 4.43. The highest BCUT2D eigenvalue weighted by molar-refractivity contribution is 7.11. The summed E-state index contributed by atoms with van der Waals surface area (Å²) in [7, 11) is 0. The minimum Gasteiger partial charge on any atom is -0.294 e. The maximum atomic E-state index is 11.7. The lowest BCUT2D eigenvalue weighted by molar-refractivity contribution is 0.0894. The normalized spacial score (nSPS) is 10.0. The summed E-state index contributed by atoms with van der Waals surface area (Å²) in [6, 6.07) is 3.31. The lowest BCUT2D eigenvalue weighted by atomic mass is 10.1. The molecule has 0 aromatic carbocycles. The van der Waals surface area contributed by atoms with Gasteiger partial charge in [-0.1, -0.05) is 0 Å². The van der Waals surface area contributed by atoms with E-state index in [9.17, 15) is 9.59 Å². The topological polar surface area (TPSA) is 59.9 Å². The van der Waals surface area contributed by atoms with Gasteiger partial charge in [-0.05, 0) is 12.1 Å². The number of Topliss-reactive ketones (excluding diaryl/α,β-unsaturated/α-hetero) is 2. The Morgan fingerprint density at radius 3 is 2.75 bits per heavy atom. The van der Waals surface area contributed by atoms with E-state index in [-0.39, 0.29) is 18.0 Å². The zero-order valence-electron chi connectivity index (χ0n) is 8.29. The average molecular weight is 232 g/mol. The Morgan fingerprint density at radius 1 is 1.25 bits per heavy atom. The van der Waals surface area contributed by atoms with Crippen LogP contribution in [0.1, 0.15) is 26.6 Å². The molecule has 0 amide bonds. The lowest BCUT2D eigenvalue weighted by Crippen LogP contribution is -2.08. The Hall–Kier alpha value is -1.88. The zero-order valence-corrected chi connectivity index (χ0v) is 9.11. The molecular weight excluding hydrogens is 224 g/mol. The minimum atomic E-state index is -0.246. The van der Waals surface area contributed by atoms with Crippen molar-refractivity contribution in [2.45, 2.75) is 6.42 Å². The third-order valence-electron chi connectivity index (χ3n) is 1.98. The van der Waals surface area contributed by atoms with Crippen LogP contribution in [0.4, 0.5) is 0 Å². The molecule has 16 heavy (non-hydrogen) atoms. The van der Waals surface area contributed by atoms with Crippen molar-refractivity contribution in [1.82, 2.24) is 9.97 Å². The fourth-order valence-electron chi connectivity index (χ4n) is 1.21. The molecule has 0 radical (unpaired) electrons. The quantitative estimate of drug-likeness (QED) is 0.597. The zero-order chi connectivity index (χ0) is 11.4. The first-order valence-corrected chi connectivity index (χ1v) is 5.51. The van der Waals surface area contributed by atoms with Gasteiger partial charge in [0.15, 0.2) is 16.6 Å². The van der Waals surface area contributed by atoms with Crippen LogP contribution in [-0.2, 0) is 0 Å². The molecule has 0 fully saturated rings. The van der Waals surface area contributed by atoms with Crippen molar-refractivity contribution in [3.63, 3.8) is 0 Å². The molecular formula is C11H8N2O2S. The van der Waals surface area contributed by atoms with Gasteiger partial charge in [0.05, 0.1) is 6.42 Å². The van der Waals surface area contributed by atoms with E-state index < -0.39 is 0 Å². The Bertz CT molecular complexity index is 494. The van der Waals surface area contributed by atoms with Gasteiger partial charge in [-0.2, -0.15) is 0 Å². The fourth-order valence-corrected chi connectivity index (χ4v) is 1.79. The number of thiazole rings is 1. The summed E-state index contributed by atoms with van der Waals surface area (Å²) in [5, 5.41) is 2.08. The Kier molecular flexibility index (Phi) is 3.16. The van der Waals surface area contributed by atoms with Crippen LogP contribution in [0, 0.1) is 0 Å². The molecule has 0 aliphatic heterocycles. The van der Waals surface area contributed by atoms with E-state index in [1.165, 1.54) is 17.5 Å². The number of carbonyl (C=O) groups is 2. The number of nitrogens with zero attached hydrogens (tertiary/aromatic N) is 2. The maximum Gasteiger partial charge on any atom is 0.199 e. The lowest BCUT2D eigenvalue weighted by Gasteiger charge is -1.97. The summed E-state index contributed by atoms with van der Waals surface area (Å²) >= 11 is 1.24. The second-order valence-corrected chi connectivity index (χ2v) is 4.00. The number of hydrogen-bond acceptors (Lipinski definition) is 5. The van der Waals surface area contributed by atoms with Gasteiger partial charge in [0.1, 0.15) is 0 Å². The summed E-state index contributed by atoms with van der Waals surface area (Å²) in [5.74, 6) is -0.475. The van der Waals surface area contributed by atoms with Crippen molar-refractivity contribution in [3.05, 3.63) is 46.7 Å². The molecule has 80 valence electrons. The predicted molar refractivity (Wildman–Crippen MR) is 59.6 cm³/mol. The van der Waals surface area contributed by atoms with Crippen LogP contribution in [0.2, 0.25) is 0 Å². The number of rotatable bonds is 4. The minimum absolute atomic E-state index is 0.154. The third-order valence-corrected chi connectivity index (χ3v) is 2.79. The van der Waals surface area contributed by atoms with Gasteiger partial charge in [-0.15, -0.1) is 11.3 Å². The summed E-state index contributed by atoms with van der Waals surface area (Å²) in [5.41, 5.74) is 0.451. The number of pyridine rings is 1. The van der Waals surface area contributed by atoms with Gasteiger partial charge in [0, 0.05) is 29.5 Å². The maximum absolute atomic E-state index is 11.7. The number of carbonyl (C=O) groups excluding carboxylic acids is 2. The van der Waals surface area contributed by atoms with Gasteiger partial charge >= 0.3 is 0 Å². The van der Waals surface area contributed by atoms with Gasteiger partial charge in [-0.3, -0.25) is 14.6 Å². The van der Waals surface area contributed by atoms with Crippen LogP contribution in [0.15, 0.2) is 36.1 Å². The van der Waals surface area contributed by atoms with Crippen molar-refractivity contribution in [1.29, 1.82) is 0 Å². The average Bonchev–Trinajstić information content (AvgIpc) is 2.83. The van der Waals surface area contributed by atoms with E-state index in [0.717, 1.165) is 0 Å². The molecule has 0 aliphatic rings. The molecule has 0 saturated carbocycles. The van der Waals surface area contributed by atoms with Gasteiger partial charge in [-0.25, -0.2) is 4.98 Å². The summed E-state index contributed by atoms with van der Waals surface area (Å²) in [4.78, 5) is 31.0. The van der Waals surface area contributed by atoms with Crippen LogP contribution in [0.25, 0.3) is 0 Å². The molecule has 0 unspecified atom stereocenters. The van der Waals surface area contributed by atoms with Crippen molar-refractivity contribution in [2.24, 2.45) is 0 Å². The van der Waals surface area contributed by atoms with Crippen LogP contribution in [0.5, 0.6) is 0 Å². The smallest absolute Gasteiger partial charge is 0.199 e. The number of aromatic nitrogens is 2. The van der Waals surface area contributed by atoms with E-state index >= 15 is 0 Å². The van der Waals surface area contributed by atoms with E-state index in [4.69, 9.17) is 0 Å². The van der Waals surface area contributed by atoms with Crippen LogP contribution in [0.3, 0.4) is 0 Å². The molecule has 0 atom stereocenters. The SMILES string of the molecule is O=C(CC(=O)c1nccs1)c1cccnc1. The van der Waals surface area contributed by atoms with Crippen molar-refractivity contribution in [2.75, 3.05) is 0 Å². The molecule has 0 bridgehead atoms. The van der Waals surface area contributed by atoms with Gasteiger partial charge < -0.3 is 0 Å². The first-order chi connectivity index (χ1) is 7.77. The molecule has 0 N–H and O–H groups in total. The molecule has 2 heterocycles. The molecule has 5 heteroatoms. The predicted octanol–water partition coefficient (Wildman–Crippen LogP) is 1.99. The summed E-state index contributed by atoms with van der Waals surface area (Å²) < 4.78 is 0. The van der Waals surface area contributed by atoms with E-state index in [2.05, 4.69) is 9.97 Å².